The summed E-state index contributed by atoms with van der Waals surface area (Å²) in [5, 5.41) is 6.02. The van der Waals surface area contributed by atoms with E-state index in [1.54, 1.807) is 0 Å². The molecular formula is C23H29N3O2. The number of rotatable bonds is 5. The van der Waals surface area contributed by atoms with Crippen LogP contribution in [0.4, 0.5) is 10.5 Å². The average molecular weight is 380 g/mol. The van der Waals surface area contributed by atoms with E-state index in [4.69, 9.17) is 0 Å². The molecule has 0 spiro atoms. The fourth-order valence-electron chi connectivity index (χ4n) is 3.54. The molecule has 1 aliphatic rings. The van der Waals surface area contributed by atoms with Crippen molar-refractivity contribution in [3.05, 3.63) is 65.2 Å². The van der Waals surface area contributed by atoms with Crippen LogP contribution in [0.5, 0.6) is 0 Å². The van der Waals surface area contributed by atoms with Crippen LogP contribution < -0.4 is 10.6 Å². The van der Waals surface area contributed by atoms with Gasteiger partial charge in [-0.05, 0) is 55.4 Å². The zero-order valence-corrected chi connectivity index (χ0v) is 16.7. The van der Waals surface area contributed by atoms with Crippen LogP contribution in [0.1, 0.15) is 36.0 Å². The van der Waals surface area contributed by atoms with Crippen LogP contribution in [0.2, 0.25) is 0 Å². The lowest BCUT2D eigenvalue weighted by Crippen LogP contribution is -2.42. The van der Waals surface area contributed by atoms with Crippen LogP contribution in [0.25, 0.3) is 0 Å². The Kier molecular flexibility index (Phi) is 6.69. The largest absolute Gasteiger partial charge is 0.352 e. The Morgan fingerprint density at radius 2 is 1.75 bits per heavy atom. The van der Waals surface area contributed by atoms with E-state index in [0.717, 1.165) is 35.2 Å². The van der Waals surface area contributed by atoms with Gasteiger partial charge in [0.05, 0.1) is 0 Å². The molecule has 5 heteroatoms. The molecule has 0 saturated carbocycles. The van der Waals surface area contributed by atoms with E-state index < -0.39 is 0 Å². The first kappa shape index (κ1) is 19.9. The number of nitrogens with one attached hydrogen (secondary N) is 2. The highest BCUT2D eigenvalue weighted by Crippen LogP contribution is 2.22. The third kappa shape index (κ3) is 5.59. The molecule has 2 aromatic rings. The molecular weight excluding hydrogens is 350 g/mol. The minimum Gasteiger partial charge on any atom is -0.352 e. The van der Waals surface area contributed by atoms with Crippen molar-refractivity contribution in [1.82, 2.24) is 10.2 Å². The number of anilines is 1. The maximum absolute atomic E-state index is 12.6. The van der Waals surface area contributed by atoms with Gasteiger partial charge in [-0.15, -0.1) is 0 Å². The molecule has 0 radical (unpaired) electrons. The van der Waals surface area contributed by atoms with Crippen molar-refractivity contribution < 1.29 is 9.59 Å². The van der Waals surface area contributed by atoms with E-state index in [2.05, 4.69) is 10.6 Å². The quantitative estimate of drug-likeness (QED) is 0.816. The highest BCUT2D eigenvalue weighted by molar-refractivity contribution is 5.90. The topological polar surface area (TPSA) is 61.4 Å². The summed E-state index contributed by atoms with van der Waals surface area (Å²) >= 11 is 0. The summed E-state index contributed by atoms with van der Waals surface area (Å²) in [6.45, 7) is 5.95. The molecule has 0 atom stereocenters. The van der Waals surface area contributed by atoms with Crippen LogP contribution in [-0.2, 0) is 11.3 Å². The van der Waals surface area contributed by atoms with Gasteiger partial charge in [-0.25, -0.2) is 4.79 Å². The number of hydrogen-bond donors (Lipinski definition) is 2. The SMILES string of the molecule is Cc1ccc(C)c(NC(=O)N2CCC(CC(=O)NCc3ccccc3)CC2)c1. The second-order valence-electron chi connectivity index (χ2n) is 7.65. The lowest BCUT2D eigenvalue weighted by molar-refractivity contribution is -0.122. The smallest absolute Gasteiger partial charge is 0.321 e. The van der Waals surface area contributed by atoms with Crippen molar-refractivity contribution in [2.45, 2.75) is 39.7 Å². The van der Waals surface area contributed by atoms with Gasteiger partial charge in [-0.3, -0.25) is 4.79 Å². The maximum atomic E-state index is 12.6. The van der Waals surface area contributed by atoms with Gasteiger partial charge in [0.15, 0.2) is 0 Å². The Hall–Kier alpha value is -2.82. The summed E-state index contributed by atoms with van der Waals surface area (Å²) in [5.41, 5.74) is 4.16. The maximum Gasteiger partial charge on any atom is 0.321 e. The highest BCUT2D eigenvalue weighted by Gasteiger charge is 2.24. The molecule has 0 bridgehead atoms. The molecule has 5 nitrogen and oxygen atoms in total. The Balaban J connectivity index is 1.42. The summed E-state index contributed by atoms with van der Waals surface area (Å²) in [7, 11) is 0. The van der Waals surface area contributed by atoms with Gasteiger partial charge in [0.1, 0.15) is 0 Å². The number of hydrogen-bond acceptors (Lipinski definition) is 2. The molecule has 2 N–H and O–H groups in total. The number of carbonyl (C=O) groups excluding carboxylic acids is 2. The fraction of sp³-hybridized carbons (Fsp3) is 0.391. The van der Waals surface area contributed by atoms with E-state index in [9.17, 15) is 9.59 Å². The zero-order valence-electron chi connectivity index (χ0n) is 16.7. The number of likely N-dealkylation sites (tertiary alicyclic amines) is 1. The van der Waals surface area contributed by atoms with E-state index in [0.29, 0.717) is 32.0 Å². The first-order valence-corrected chi connectivity index (χ1v) is 9.95. The number of nitrogens with zero attached hydrogens (tertiary/aromatic N) is 1. The molecule has 1 fully saturated rings. The Morgan fingerprint density at radius 3 is 2.46 bits per heavy atom. The number of aryl methyl sites for hydroxylation is 2. The molecule has 3 rings (SSSR count). The van der Waals surface area contributed by atoms with Crippen molar-refractivity contribution >= 4 is 17.6 Å². The van der Waals surface area contributed by atoms with E-state index in [1.807, 2.05) is 67.3 Å². The van der Waals surface area contributed by atoms with Crippen LogP contribution in [0.15, 0.2) is 48.5 Å². The second kappa shape index (κ2) is 9.40. The molecule has 1 heterocycles. The first-order chi connectivity index (χ1) is 13.5. The van der Waals surface area contributed by atoms with Crippen LogP contribution in [0, 0.1) is 19.8 Å². The molecule has 1 aliphatic heterocycles. The van der Waals surface area contributed by atoms with Crippen molar-refractivity contribution in [1.29, 1.82) is 0 Å². The van der Waals surface area contributed by atoms with Gasteiger partial charge >= 0.3 is 6.03 Å². The van der Waals surface area contributed by atoms with E-state index in [1.165, 1.54) is 0 Å². The summed E-state index contributed by atoms with van der Waals surface area (Å²) < 4.78 is 0. The molecule has 2 aromatic carbocycles. The van der Waals surface area contributed by atoms with E-state index in [-0.39, 0.29) is 11.9 Å². The third-order valence-electron chi connectivity index (χ3n) is 5.34. The van der Waals surface area contributed by atoms with Crippen molar-refractivity contribution in [3.8, 4) is 0 Å². The Labute approximate surface area is 167 Å². The van der Waals surface area contributed by atoms with Gasteiger partial charge in [-0.2, -0.15) is 0 Å². The molecule has 0 aliphatic carbocycles. The summed E-state index contributed by atoms with van der Waals surface area (Å²) in [5.74, 6) is 0.419. The highest BCUT2D eigenvalue weighted by atomic mass is 16.2. The molecule has 148 valence electrons. The van der Waals surface area contributed by atoms with Gasteiger partial charge in [0.25, 0.3) is 0 Å². The number of urea groups is 1. The summed E-state index contributed by atoms with van der Waals surface area (Å²) in [6.07, 6.45) is 2.25. The fourth-order valence-corrected chi connectivity index (χ4v) is 3.54. The van der Waals surface area contributed by atoms with Crippen molar-refractivity contribution in [2.75, 3.05) is 18.4 Å². The molecule has 0 unspecified atom stereocenters. The van der Waals surface area contributed by atoms with Crippen LogP contribution in [0.3, 0.4) is 0 Å². The third-order valence-corrected chi connectivity index (χ3v) is 5.34. The summed E-state index contributed by atoms with van der Waals surface area (Å²) in [4.78, 5) is 26.6. The average Bonchev–Trinajstić information content (AvgIpc) is 2.70. The lowest BCUT2D eigenvalue weighted by Gasteiger charge is -2.32. The normalized spacial score (nSPS) is 14.6. The second-order valence-corrected chi connectivity index (χ2v) is 7.65. The zero-order chi connectivity index (χ0) is 19.9. The van der Waals surface area contributed by atoms with Crippen LogP contribution in [-0.4, -0.2) is 29.9 Å². The molecule has 28 heavy (non-hydrogen) atoms. The minimum atomic E-state index is -0.0549. The first-order valence-electron chi connectivity index (χ1n) is 9.95. The van der Waals surface area contributed by atoms with Gasteiger partial charge in [0, 0.05) is 31.7 Å². The van der Waals surface area contributed by atoms with Crippen LogP contribution >= 0.6 is 0 Å². The Bertz CT molecular complexity index is 812. The monoisotopic (exact) mass is 379 g/mol. The van der Waals surface area contributed by atoms with Gasteiger partial charge in [0.2, 0.25) is 5.91 Å². The minimum absolute atomic E-state index is 0.0549. The molecule has 1 saturated heterocycles. The standard InChI is InChI=1S/C23H29N3O2/c1-17-8-9-18(2)21(14-17)25-23(28)26-12-10-19(11-13-26)15-22(27)24-16-20-6-4-3-5-7-20/h3-9,14,19H,10-13,15-16H2,1-2H3,(H,24,27)(H,25,28). The van der Waals surface area contributed by atoms with Gasteiger partial charge in [-0.1, -0.05) is 42.5 Å². The molecule has 3 amide bonds. The van der Waals surface area contributed by atoms with Gasteiger partial charge < -0.3 is 15.5 Å². The number of amides is 3. The molecule has 0 aromatic heterocycles. The van der Waals surface area contributed by atoms with E-state index >= 15 is 0 Å². The number of benzene rings is 2. The van der Waals surface area contributed by atoms with Crippen molar-refractivity contribution in [2.24, 2.45) is 5.92 Å². The lowest BCUT2D eigenvalue weighted by atomic mass is 9.93. The number of piperidine rings is 1. The predicted octanol–water partition coefficient (Wildman–Crippen LogP) is 4.25. The number of carbonyl (C=O) groups is 2. The van der Waals surface area contributed by atoms with Crippen molar-refractivity contribution in [3.63, 3.8) is 0 Å². The Morgan fingerprint density at radius 1 is 1.04 bits per heavy atom. The predicted molar refractivity (Wildman–Crippen MR) is 112 cm³/mol. The summed E-state index contributed by atoms with van der Waals surface area (Å²) in [6, 6.07) is 15.9.